The molecule has 0 atom stereocenters. The molecule has 0 unspecified atom stereocenters. The number of aromatic amines is 1. The van der Waals surface area contributed by atoms with Crippen molar-refractivity contribution < 1.29 is 14.3 Å². The molecule has 6 heteroatoms. The first-order valence-electron chi connectivity index (χ1n) is 6.15. The van der Waals surface area contributed by atoms with Crippen molar-refractivity contribution in [1.29, 1.82) is 0 Å². The van der Waals surface area contributed by atoms with E-state index in [1.807, 2.05) is 0 Å². The maximum absolute atomic E-state index is 11.5. The topological polar surface area (TPSA) is 84.1 Å². The largest absolute Gasteiger partial charge is 0.466 e. The number of carbonyl (C=O) groups is 2. The van der Waals surface area contributed by atoms with Crippen LogP contribution in [0.15, 0.2) is 6.07 Å². The van der Waals surface area contributed by atoms with E-state index in [1.165, 1.54) is 0 Å². The highest BCUT2D eigenvalue weighted by atomic mass is 16.5. The third-order valence-corrected chi connectivity index (χ3v) is 2.28. The lowest BCUT2D eigenvalue weighted by molar-refractivity contribution is -0.144. The van der Waals surface area contributed by atoms with Crippen LogP contribution in [0.2, 0.25) is 0 Å². The first-order chi connectivity index (χ1) is 8.65. The minimum absolute atomic E-state index is 0.0892. The lowest BCUT2D eigenvalue weighted by Gasteiger charge is -2.02. The summed E-state index contributed by atoms with van der Waals surface area (Å²) in [5.74, 6) is -0.105. The summed E-state index contributed by atoms with van der Waals surface area (Å²) in [6.45, 7) is 4.13. The molecular weight excluding hydrogens is 234 g/mol. The average molecular weight is 253 g/mol. The lowest BCUT2D eigenvalue weighted by Crippen LogP contribution is -2.14. The maximum Gasteiger partial charge on any atom is 0.306 e. The van der Waals surface area contributed by atoms with Crippen LogP contribution in [0.4, 0.5) is 5.82 Å². The summed E-state index contributed by atoms with van der Waals surface area (Å²) < 4.78 is 4.74. The molecule has 1 amide bonds. The van der Waals surface area contributed by atoms with E-state index < -0.39 is 0 Å². The van der Waals surface area contributed by atoms with E-state index in [0.717, 1.165) is 18.5 Å². The minimum Gasteiger partial charge on any atom is -0.466 e. The number of anilines is 1. The number of carbonyl (C=O) groups excluding carboxylic acids is 2. The van der Waals surface area contributed by atoms with E-state index in [2.05, 4.69) is 22.4 Å². The fourth-order valence-corrected chi connectivity index (χ4v) is 1.48. The van der Waals surface area contributed by atoms with Crippen LogP contribution < -0.4 is 5.32 Å². The first kappa shape index (κ1) is 14.2. The number of hydrogen-bond acceptors (Lipinski definition) is 4. The SMILES string of the molecule is CCCc1cc(NC(=O)CCC(=O)OCC)n[nH]1. The molecule has 0 radical (unpaired) electrons. The second-order valence-corrected chi connectivity index (χ2v) is 3.88. The van der Waals surface area contributed by atoms with Crippen molar-refractivity contribution >= 4 is 17.7 Å². The van der Waals surface area contributed by atoms with Gasteiger partial charge in [-0.25, -0.2) is 0 Å². The predicted molar refractivity (Wildman–Crippen MR) is 67.1 cm³/mol. The van der Waals surface area contributed by atoms with Gasteiger partial charge in [0.15, 0.2) is 5.82 Å². The highest BCUT2D eigenvalue weighted by Crippen LogP contribution is 2.08. The summed E-state index contributed by atoms with van der Waals surface area (Å²) in [5, 5.41) is 9.44. The van der Waals surface area contributed by atoms with E-state index >= 15 is 0 Å². The Morgan fingerprint density at radius 3 is 2.83 bits per heavy atom. The predicted octanol–water partition coefficient (Wildman–Crippen LogP) is 1.64. The number of nitrogens with one attached hydrogen (secondary N) is 2. The van der Waals surface area contributed by atoms with Gasteiger partial charge in [0.2, 0.25) is 5.91 Å². The number of esters is 1. The maximum atomic E-state index is 11.5. The van der Waals surface area contributed by atoms with Crippen LogP contribution in [0, 0.1) is 0 Å². The van der Waals surface area contributed by atoms with Crippen LogP contribution in [0.1, 0.15) is 38.8 Å². The van der Waals surface area contributed by atoms with Crippen molar-refractivity contribution in [1.82, 2.24) is 10.2 Å². The molecule has 6 nitrogen and oxygen atoms in total. The summed E-state index contributed by atoms with van der Waals surface area (Å²) >= 11 is 0. The van der Waals surface area contributed by atoms with Crippen molar-refractivity contribution in [3.63, 3.8) is 0 Å². The van der Waals surface area contributed by atoms with Gasteiger partial charge in [-0.1, -0.05) is 13.3 Å². The molecule has 1 aromatic rings. The Morgan fingerprint density at radius 1 is 1.39 bits per heavy atom. The zero-order chi connectivity index (χ0) is 13.4. The van der Waals surface area contributed by atoms with Gasteiger partial charge < -0.3 is 10.1 Å². The Hall–Kier alpha value is -1.85. The number of amides is 1. The third-order valence-electron chi connectivity index (χ3n) is 2.28. The van der Waals surface area contributed by atoms with E-state index in [0.29, 0.717) is 12.4 Å². The normalized spacial score (nSPS) is 10.1. The lowest BCUT2D eigenvalue weighted by atomic mass is 10.2. The summed E-state index contributed by atoms with van der Waals surface area (Å²) in [6, 6.07) is 1.80. The van der Waals surface area contributed by atoms with Gasteiger partial charge in [-0.3, -0.25) is 14.7 Å². The second kappa shape index (κ2) is 7.47. The molecule has 0 aromatic carbocycles. The molecule has 1 heterocycles. The Balaban J connectivity index is 2.32. The molecule has 0 spiro atoms. The number of nitrogens with zero attached hydrogens (tertiary/aromatic N) is 1. The van der Waals surface area contributed by atoms with Crippen LogP contribution in [-0.2, 0) is 20.7 Å². The Kier molecular flexibility index (Phi) is 5.90. The van der Waals surface area contributed by atoms with Crippen molar-refractivity contribution in [2.45, 2.75) is 39.5 Å². The smallest absolute Gasteiger partial charge is 0.306 e. The molecule has 1 rings (SSSR count). The van der Waals surface area contributed by atoms with Crippen molar-refractivity contribution in [2.24, 2.45) is 0 Å². The Morgan fingerprint density at radius 2 is 2.17 bits per heavy atom. The molecule has 0 aliphatic heterocycles. The van der Waals surface area contributed by atoms with Gasteiger partial charge in [-0.05, 0) is 13.3 Å². The summed E-state index contributed by atoms with van der Waals surface area (Å²) in [5.41, 5.74) is 0.984. The van der Waals surface area contributed by atoms with Crippen molar-refractivity contribution in [3.8, 4) is 0 Å². The molecule has 0 saturated carbocycles. The molecule has 0 aliphatic carbocycles. The number of rotatable bonds is 7. The molecule has 18 heavy (non-hydrogen) atoms. The molecular formula is C12H19N3O3. The molecule has 0 fully saturated rings. The summed E-state index contributed by atoms with van der Waals surface area (Å²) in [6.07, 6.45) is 2.10. The fourth-order valence-electron chi connectivity index (χ4n) is 1.48. The van der Waals surface area contributed by atoms with Crippen LogP contribution in [-0.4, -0.2) is 28.7 Å². The average Bonchev–Trinajstić information content (AvgIpc) is 2.75. The van der Waals surface area contributed by atoms with Crippen LogP contribution in [0.3, 0.4) is 0 Å². The molecule has 2 N–H and O–H groups in total. The van der Waals surface area contributed by atoms with Gasteiger partial charge in [-0.2, -0.15) is 5.10 Å². The second-order valence-electron chi connectivity index (χ2n) is 3.88. The fraction of sp³-hybridized carbons (Fsp3) is 0.583. The van der Waals surface area contributed by atoms with Crippen LogP contribution in [0.25, 0.3) is 0 Å². The molecule has 0 aliphatic rings. The summed E-state index contributed by atoms with van der Waals surface area (Å²) in [4.78, 5) is 22.6. The monoisotopic (exact) mass is 253 g/mol. The van der Waals surface area contributed by atoms with Gasteiger partial charge in [0.05, 0.1) is 13.0 Å². The van der Waals surface area contributed by atoms with E-state index in [4.69, 9.17) is 4.74 Å². The molecule has 0 saturated heterocycles. The van der Waals surface area contributed by atoms with Crippen molar-refractivity contribution in [3.05, 3.63) is 11.8 Å². The van der Waals surface area contributed by atoms with E-state index in [-0.39, 0.29) is 24.7 Å². The minimum atomic E-state index is -0.360. The first-order valence-corrected chi connectivity index (χ1v) is 6.15. The van der Waals surface area contributed by atoms with E-state index in [1.54, 1.807) is 13.0 Å². The Labute approximate surface area is 106 Å². The quantitative estimate of drug-likeness (QED) is 0.723. The zero-order valence-corrected chi connectivity index (χ0v) is 10.8. The van der Waals surface area contributed by atoms with Crippen molar-refractivity contribution in [2.75, 3.05) is 11.9 Å². The molecule has 0 bridgehead atoms. The standard InChI is InChI=1S/C12H19N3O3/c1-3-5-9-8-10(15-14-9)13-11(16)6-7-12(17)18-4-2/h8H,3-7H2,1-2H3,(H2,13,14,15,16). The number of hydrogen-bond donors (Lipinski definition) is 2. The van der Waals surface area contributed by atoms with Gasteiger partial charge in [-0.15, -0.1) is 0 Å². The number of H-pyrrole nitrogens is 1. The molecule has 1 aromatic heterocycles. The number of aromatic nitrogens is 2. The highest BCUT2D eigenvalue weighted by Gasteiger charge is 2.09. The highest BCUT2D eigenvalue weighted by molar-refractivity contribution is 5.91. The van der Waals surface area contributed by atoms with Crippen LogP contribution in [0.5, 0.6) is 0 Å². The number of ether oxygens (including phenoxy) is 1. The van der Waals surface area contributed by atoms with E-state index in [9.17, 15) is 9.59 Å². The van der Waals surface area contributed by atoms with Gasteiger partial charge in [0, 0.05) is 18.2 Å². The zero-order valence-electron chi connectivity index (χ0n) is 10.8. The number of aryl methyl sites for hydroxylation is 1. The summed E-state index contributed by atoms with van der Waals surface area (Å²) in [7, 11) is 0. The van der Waals surface area contributed by atoms with Gasteiger partial charge >= 0.3 is 5.97 Å². The van der Waals surface area contributed by atoms with Crippen LogP contribution >= 0.6 is 0 Å². The Bertz CT molecular complexity index is 401. The van der Waals surface area contributed by atoms with Gasteiger partial charge in [0.1, 0.15) is 0 Å². The third kappa shape index (κ3) is 4.99. The molecule has 100 valence electrons. The van der Waals surface area contributed by atoms with Gasteiger partial charge in [0.25, 0.3) is 0 Å².